The Morgan fingerprint density at radius 2 is 0.965 bits per heavy atom. The summed E-state index contributed by atoms with van der Waals surface area (Å²) in [4.78, 5) is 22.9. The number of ether oxygens (including phenoxy) is 2. The Hall–Kier alpha value is -2.84. The van der Waals surface area contributed by atoms with E-state index in [-0.39, 0.29) is 32.2 Å². The minimum Gasteiger partial charge on any atom is -0.457 e. The molecule has 0 saturated carbocycles. The lowest BCUT2D eigenvalue weighted by Crippen LogP contribution is -2.37. The SMILES string of the molecule is CC/C=C\C/C=C\C/C=C\C/C=C\C/C=C\CCCC(=O)OC(COCCCCCCC/C=C\C/C=C\C/C=C\C/C=C\CC)COP(=O)(O)OCC[N+](C)(C)C. The zero-order valence-corrected chi connectivity index (χ0v) is 37.4. The summed E-state index contributed by atoms with van der Waals surface area (Å²) < 4.78 is 34.9. The molecule has 0 spiro atoms. The van der Waals surface area contributed by atoms with E-state index in [4.69, 9.17) is 18.5 Å². The molecule has 2 unspecified atom stereocenters. The van der Waals surface area contributed by atoms with Crippen LogP contribution in [0.5, 0.6) is 0 Å². The number of likely N-dealkylation sites (N-methyl/N-ethyl adjacent to an activating group) is 1. The number of nitrogens with zero attached hydrogens (tertiary/aromatic N) is 1. The molecule has 0 fully saturated rings. The second kappa shape index (κ2) is 40.0. The number of phosphoric acid groups is 1. The van der Waals surface area contributed by atoms with Crippen molar-refractivity contribution in [2.45, 2.75) is 136 Å². The molecule has 0 aromatic heterocycles. The molecular weight excluding hydrogens is 734 g/mol. The van der Waals surface area contributed by atoms with Crippen molar-refractivity contribution in [3.05, 3.63) is 109 Å². The second-order valence-electron chi connectivity index (χ2n) is 15.0. The number of allylic oxidation sites excluding steroid dienone is 18. The molecule has 0 amide bonds. The van der Waals surface area contributed by atoms with Crippen molar-refractivity contribution in [1.82, 2.24) is 0 Å². The van der Waals surface area contributed by atoms with Gasteiger partial charge in [-0.1, -0.05) is 142 Å². The van der Waals surface area contributed by atoms with Crippen molar-refractivity contribution in [2.24, 2.45) is 0 Å². The topological polar surface area (TPSA) is 91.3 Å². The van der Waals surface area contributed by atoms with Crippen LogP contribution in [-0.2, 0) is 27.9 Å². The van der Waals surface area contributed by atoms with E-state index in [1.807, 2.05) is 21.1 Å². The third-order valence-electron chi connectivity index (χ3n) is 8.33. The maximum absolute atomic E-state index is 12.7. The highest BCUT2D eigenvalue weighted by Gasteiger charge is 2.26. The molecule has 0 saturated heterocycles. The molecule has 0 aromatic carbocycles. The molecule has 1 N–H and O–H groups in total. The first-order valence-corrected chi connectivity index (χ1v) is 23.1. The van der Waals surface area contributed by atoms with Crippen LogP contribution in [0.3, 0.4) is 0 Å². The van der Waals surface area contributed by atoms with Crippen molar-refractivity contribution in [3.8, 4) is 0 Å². The summed E-state index contributed by atoms with van der Waals surface area (Å²) in [6.45, 7) is 5.23. The summed E-state index contributed by atoms with van der Waals surface area (Å²) in [5, 5.41) is 0. The normalized spacial score (nSPS) is 14.8. The number of unbranched alkanes of at least 4 members (excludes halogenated alkanes) is 6. The highest BCUT2D eigenvalue weighted by molar-refractivity contribution is 7.47. The molecule has 0 aromatic rings. The molecule has 0 rings (SSSR count). The van der Waals surface area contributed by atoms with E-state index < -0.39 is 13.9 Å². The van der Waals surface area contributed by atoms with Crippen LogP contribution in [0.4, 0.5) is 0 Å². The zero-order valence-electron chi connectivity index (χ0n) is 36.5. The Morgan fingerprint density at radius 3 is 1.44 bits per heavy atom. The first-order chi connectivity index (χ1) is 27.6. The lowest BCUT2D eigenvalue weighted by molar-refractivity contribution is -0.870. The van der Waals surface area contributed by atoms with Crippen molar-refractivity contribution < 1.29 is 37.3 Å². The molecular formula is C48H81NO7P+. The quantitative estimate of drug-likeness (QED) is 0.0218. The fourth-order valence-corrected chi connectivity index (χ4v) is 5.79. The van der Waals surface area contributed by atoms with Gasteiger partial charge in [-0.05, 0) is 89.9 Å². The Kier molecular flexibility index (Phi) is 38.0. The standard InChI is InChI=1S/C48H80NO7P/c1-6-8-10-12-14-16-18-20-22-24-26-28-30-32-34-36-38-40-43-53-45-47(46-55-57(51,52)54-44-42-49(3,4)5)56-48(50)41-39-37-35-33-31-29-27-25-23-21-19-17-15-13-11-9-7-2/h8-11,14-17,20-23,26-29,33,35,47H,6-7,12-13,18-19,24-25,30-32,34,36-46H2,1-5H3/p+1/b10-8-,11-9-,16-14-,17-15-,22-20-,23-21-,28-26-,29-27-,35-33-. The van der Waals surface area contributed by atoms with Crippen molar-refractivity contribution >= 4 is 13.8 Å². The average Bonchev–Trinajstić information content (AvgIpc) is 3.16. The van der Waals surface area contributed by atoms with E-state index in [9.17, 15) is 14.3 Å². The minimum atomic E-state index is -4.30. The number of carbonyl (C=O) groups excluding carboxylic acids is 1. The van der Waals surface area contributed by atoms with Gasteiger partial charge in [-0.3, -0.25) is 13.8 Å². The number of hydrogen-bond donors (Lipinski definition) is 1. The van der Waals surface area contributed by atoms with Crippen LogP contribution in [0.2, 0.25) is 0 Å². The number of quaternary nitrogens is 1. The number of phosphoric ester groups is 1. The van der Waals surface area contributed by atoms with Gasteiger partial charge in [0.1, 0.15) is 19.3 Å². The minimum absolute atomic E-state index is 0.0669. The van der Waals surface area contributed by atoms with Gasteiger partial charge in [-0.15, -0.1) is 0 Å². The Balaban J connectivity index is 4.41. The van der Waals surface area contributed by atoms with E-state index in [0.29, 0.717) is 24.1 Å². The van der Waals surface area contributed by atoms with E-state index >= 15 is 0 Å². The van der Waals surface area contributed by atoms with Gasteiger partial charge in [0.15, 0.2) is 0 Å². The van der Waals surface area contributed by atoms with Gasteiger partial charge in [0.2, 0.25) is 0 Å². The van der Waals surface area contributed by atoms with Gasteiger partial charge >= 0.3 is 13.8 Å². The van der Waals surface area contributed by atoms with Crippen LogP contribution in [0, 0.1) is 0 Å². The van der Waals surface area contributed by atoms with Crippen molar-refractivity contribution in [2.75, 3.05) is 54.1 Å². The van der Waals surface area contributed by atoms with Gasteiger partial charge in [0.25, 0.3) is 0 Å². The van der Waals surface area contributed by atoms with Gasteiger partial charge in [0.05, 0.1) is 34.4 Å². The van der Waals surface area contributed by atoms with Crippen LogP contribution in [0.1, 0.15) is 129 Å². The first kappa shape index (κ1) is 54.2. The highest BCUT2D eigenvalue weighted by Crippen LogP contribution is 2.43. The van der Waals surface area contributed by atoms with E-state index in [1.54, 1.807) is 0 Å². The maximum Gasteiger partial charge on any atom is 0.472 e. The van der Waals surface area contributed by atoms with Gasteiger partial charge in [-0.2, -0.15) is 0 Å². The number of esters is 1. The molecule has 0 aliphatic rings. The molecule has 324 valence electrons. The van der Waals surface area contributed by atoms with Gasteiger partial charge in [-0.25, -0.2) is 4.57 Å². The molecule has 9 heteroatoms. The number of rotatable bonds is 38. The second-order valence-corrected chi connectivity index (χ2v) is 16.4. The predicted octanol–water partition coefficient (Wildman–Crippen LogP) is 12.8. The first-order valence-electron chi connectivity index (χ1n) is 21.6. The Morgan fingerprint density at radius 1 is 0.544 bits per heavy atom. The fraction of sp³-hybridized carbons (Fsp3) is 0.604. The largest absolute Gasteiger partial charge is 0.472 e. The van der Waals surface area contributed by atoms with Crippen molar-refractivity contribution in [1.29, 1.82) is 0 Å². The average molecular weight is 815 g/mol. The lowest BCUT2D eigenvalue weighted by atomic mass is 10.1. The van der Waals surface area contributed by atoms with Crippen LogP contribution in [0.15, 0.2) is 109 Å². The molecule has 57 heavy (non-hydrogen) atoms. The molecule has 0 aliphatic heterocycles. The maximum atomic E-state index is 12.7. The van der Waals surface area contributed by atoms with Gasteiger partial charge in [0, 0.05) is 13.0 Å². The summed E-state index contributed by atoms with van der Waals surface area (Å²) in [7, 11) is 1.59. The molecule has 8 nitrogen and oxygen atoms in total. The van der Waals surface area contributed by atoms with E-state index in [2.05, 4.69) is 123 Å². The van der Waals surface area contributed by atoms with Gasteiger partial charge < -0.3 is 18.9 Å². The molecule has 0 aliphatic carbocycles. The lowest BCUT2D eigenvalue weighted by Gasteiger charge is -2.24. The highest BCUT2D eigenvalue weighted by atomic mass is 31.2. The van der Waals surface area contributed by atoms with Crippen LogP contribution in [-0.4, -0.2) is 75.6 Å². The molecule has 2 atom stereocenters. The molecule has 0 bridgehead atoms. The smallest absolute Gasteiger partial charge is 0.457 e. The fourth-order valence-electron chi connectivity index (χ4n) is 5.05. The van der Waals surface area contributed by atoms with E-state index in [0.717, 1.165) is 89.9 Å². The summed E-state index contributed by atoms with van der Waals surface area (Å²) in [6.07, 6.45) is 55.6. The Labute approximate surface area is 349 Å². The summed E-state index contributed by atoms with van der Waals surface area (Å²) >= 11 is 0. The number of hydrogen-bond acceptors (Lipinski definition) is 6. The predicted molar refractivity (Wildman–Crippen MR) is 242 cm³/mol. The monoisotopic (exact) mass is 815 g/mol. The van der Waals surface area contributed by atoms with E-state index in [1.165, 1.54) is 12.8 Å². The number of carbonyl (C=O) groups is 1. The summed E-state index contributed by atoms with van der Waals surface area (Å²) in [5.41, 5.74) is 0. The molecule has 0 radical (unpaired) electrons. The summed E-state index contributed by atoms with van der Waals surface area (Å²) in [6, 6.07) is 0. The molecule has 0 heterocycles. The van der Waals surface area contributed by atoms with Crippen LogP contribution >= 0.6 is 7.82 Å². The van der Waals surface area contributed by atoms with Crippen molar-refractivity contribution in [3.63, 3.8) is 0 Å². The Bertz CT molecular complexity index is 1270. The van der Waals surface area contributed by atoms with Crippen LogP contribution in [0.25, 0.3) is 0 Å². The third kappa shape index (κ3) is 44.1. The third-order valence-corrected chi connectivity index (χ3v) is 9.31. The summed E-state index contributed by atoms with van der Waals surface area (Å²) in [5.74, 6) is -0.383. The van der Waals surface area contributed by atoms with Crippen LogP contribution < -0.4 is 0 Å². The zero-order chi connectivity index (χ0) is 42.0.